The summed E-state index contributed by atoms with van der Waals surface area (Å²) < 4.78 is 11.6. The van der Waals surface area contributed by atoms with Crippen molar-refractivity contribution in [2.24, 2.45) is 17.1 Å². The van der Waals surface area contributed by atoms with E-state index in [9.17, 15) is 4.79 Å². The van der Waals surface area contributed by atoms with Crippen LogP contribution in [0.3, 0.4) is 0 Å². The van der Waals surface area contributed by atoms with Crippen LogP contribution in [0.5, 0.6) is 0 Å². The van der Waals surface area contributed by atoms with Crippen LogP contribution in [-0.2, 0) is 14.3 Å². The standard InChI is InChI=1S/C16H28N2O3/c1-4-11-10-18(7-9-20-11)14(19)16(17)12-6-5-8-21-13(12)15(16,2)3/h11-13H,4-10,17H2,1-3H3. The quantitative estimate of drug-likeness (QED) is 0.830. The van der Waals surface area contributed by atoms with Crippen LogP contribution >= 0.6 is 0 Å². The summed E-state index contributed by atoms with van der Waals surface area (Å²) in [6.45, 7) is 8.99. The van der Waals surface area contributed by atoms with Gasteiger partial charge in [0.05, 0.1) is 18.8 Å². The van der Waals surface area contributed by atoms with Gasteiger partial charge in [0.15, 0.2) is 0 Å². The molecule has 1 amide bonds. The van der Waals surface area contributed by atoms with Crippen molar-refractivity contribution in [1.29, 1.82) is 0 Å². The fraction of sp³-hybridized carbons (Fsp3) is 0.938. The number of ether oxygens (including phenoxy) is 2. The molecular weight excluding hydrogens is 268 g/mol. The Morgan fingerprint density at radius 1 is 1.33 bits per heavy atom. The number of morpholine rings is 1. The van der Waals surface area contributed by atoms with Crippen LogP contribution in [0.2, 0.25) is 0 Å². The van der Waals surface area contributed by atoms with Crippen molar-refractivity contribution < 1.29 is 14.3 Å². The molecular formula is C16H28N2O3. The third-order valence-corrected chi connectivity index (χ3v) is 5.92. The second-order valence-corrected chi connectivity index (χ2v) is 7.28. The van der Waals surface area contributed by atoms with E-state index in [2.05, 4.69) is 20.8 Å². The molecule has 2 aliphatic heterocycles. The van der Waals surface area contributed by atoms with Gasteiger partial charge in [-0.25, -0.2) is 0 Å². The number of fused-ring (bicyclic) bond motifs is 1. The van der Waals surface area contributed by atoms with Crippen molar-refractivity contribution in [2.45, 2.75) is 57.8 Å². The molecule has 0 aromatic heterocycles. The maximum Gasteiger partial charge on any atom is 0.243 e. The largest absolute Gasteiger partial charge is 0.377 e. The van der Waals surface area contributed by atoms with E-state index in [-0.39, 0.29) is 29.4 Å². The van der Waals surface area contributed by atoms with E-state index in [4.69, 9.17) is 15.2 Å². The molecule has 0 spiro atoms. The Bertz CT molecular complexity index is 426. The molecule has 5 nitrogen and oxygen atoms in total. The van der Waals surface area contributed by atoms with Gasteiger partial charge in [-0.2, -0.15) is 0 Å². The lowest BCUT2D eigenvalue weighted by Crippen LogP contribution is -2.82. The highest BCUT2D eigenvalue weighted by molar-refractivity contribution is 5.89. The van der Waals surface area contributed by atoms with Crippen LogP contribution in [0.25, 0.3) is 0 Å². The van der Waals surface area contributed by atoms with Crippen molar-refractivity contribution in [1.82, 2.24) is 4.90 Å². The molecule has 3 aliphatic rings. The molecule has 4 unspecified atom stereocenters. The fourth-order valence-electron chi connectivity index (χ4n) is 4.42. The lowest BCUT2D eigenvalue weighted by molar-refractivity contribution is -0.232. The third-order valence-electron chi connectivity index (χ3n) is 5.92. The molecule has 2 heterocycles. The molecule has 2 N–H and O–H groups in total. The molecule has 5 heteroatoms. The Hall–Kier alpha value is -0.650. The van der Waals surface area contributed by atoms with Gasteiger partial charge in [0.1, 0.15) is 5.54 Å². The predicted octanol–water partition coefficient (Wildman–Crippen LogP) is 1.16. The van der Waals surface area contributed by atoms with Crippen molar-refractivity contribution in [3.05, 3.63) is 0 Å². The highest BCUT2D eigenvalue weighted by Crippen LogP contribution is 2.58. The van der Waals surface area contributed by atoms with Crippen molar-refractivity contribution in [3.63, 3.8) is 0 Å². The second-order valence-electron chi connectivity index (χ2n) is 7.28. The molecule has 3 fully saturated rings. The summed E-state index contributed by atoms with van der Waals surface area (Å²) in [7, 11) is 0. The summed E-state index contributed by atoms with van der Waals surface area (Å²) in [4.78, 5) is 15.0. The van der Waals surface area contributed by atoms with E-state index in [0.717, 1.165) is 25.9 Å². The summed E-state index contributed by atoms with van der Waals surface area (Å²) in [5.41, 5.74) is 5.60. The predicted molar refractivity (Wildman–Crippen MR) is 79.8 cm³/mol. The Balaban J connectivity index is 1.79. The Kier molecular flexibility index (Phi) is 3.79. The van der Waals surface area contributed by atoms with E-state index in [1.54, 1.807) is 0 Å². The molecule has 4 atom stereocenters. The fourth-order valence-corrected chi connectivity index (χ4v) is 4.42. The number of nitrogens with zero attached hydrogens (tertiary/aromatic N) is 1. The lowest BCUT2D eigenvalue weighted by atomic mass is 9.46. The highest BCUT2D eigenvalue weighted by atomic mass is 16.5. The SMILES string of the molecule is CCC1CN(C(=O)C2(N)C3CCCOC3C2(C)C)CCO1. The first-order valence-electron chi connectivity index (χ1n) is 8.24. The van der Waals surface area contributed by atoms with Gasteiger partial charge >= 0.3 is 0 Å². The number of rotatable bonds is 2. The molecule has 0 aromatic carbocycles. The van der Waals surface area contributed by atoms with Crippen molar-refractivity contribution in [3.8, 4) is 0 Å². The zero-order valence-corrected chi connectivity index (χ0v) is 13.4. The zero-order chi connectivity index (χ0) is 15.3. The van der Waals surface area contributed by atoms with Gasteiger partial charge in [0, 0.05) is 31.0 Å². The van der Waals surface area contributed by atoms with Crippen molar-refractivity contribution >= 4 is 5.91 Å². The van der Waals surface area contributed by atoms with Gasteiger partial charge in [-0.05, 0) is 19.3 Å². The first-order valence-corrected chi connectivity index (χ1v) is 8.24. The van der Waals surface area contributed by atoms with E-state index in [1.165, 1.54) is 0 Å². The van der Waals surface area contributed by atoms with Crippen LogP contribution in [0.1, 0.15) is 40.0 Å². The van der Waals surface area contributed by atoms with Crippen LogP contribution < -0.4 is 5.73 Å². The molecule has 0 radical (unpaired) electrons. The number of nitrogens with two attached hydrogens (primary N) is 1. The first-order chi connectivity index (χ1) is 9.92. The molecule has 3 rings (SSSR count). The zero-order valence-electron chi connectivity index (χ0n) is 13.4. The lowest BCUT2D eigenvalue weighted by Gasteiger charge is -2.66. The summed E-state index contributed by atoms with van der Waals surface area (Å²) in [5, 5.41) is 0. The average molecular weight is 296 g/mol. The van der Waals surface area contributed by atoms with E-state index >= 15 is 0 Å². The van der Waals surface area contributed by atoms with Gasteiger partial charge in [0.2, 0.25) is 5.91 Å². The van der Waals surface area contributed by atoms with E-state index in [1.807, 2.05) is 4.90 Å². The second kappa shape index (κ2) is 5.21. The first kappa shape index (κ1) is 15.3. The number of carbonyl (C=O) groups excluding carboxylic acids is 1. The van der Waals surface area contributed by atoms with Crippen LogP contribution in [0, 0.1) is 11.3 Å². The molecule has 1 saturated carbocycles. The summed E-state index contributed by atoms with van der Waals surface area (Å²) in [6, 6.07) is 0. The molecule has 0 aromatic rings. The average Bonchev–Trinajstić information content (AvgIpc) is 2.53. The van der Waals surface area contributed by atoms with E-state index in [0.29, 0.717) is 19.7 Å². The molecule has 120 valence electrons. The molecule has 0 bridgehead atoms. The highest BCUT2D eigenvalue weighted by Gasteiger charge is 2.70. The topological polar surface area (TPSA) is 64.8 Å². The Morgan fingerprint density at radius 3 is 2.81 bits per heavy atom. The van der Waals surface area contributed by atoms with Gasteiger partial charge in [0.25, 0.3) is 0 Å². The number of hydrogen-bond donors (Lipinski definition) is 1. The molecule has 2 saturated heterocycles. The van der Waals surface area contributed by atoms with Gasteiger partial charge in [-0.15, -0.1) is 0 Å². The van der Waals surface area contributed by atoms with Crippen LogP contribution in [-0.4, -0.2) is 54.9 Å². The monoisotopic (exact) mass is 296 g/mol. The van der Waals surface area contributed by atoms with E-state index < -0.39 is 5.54 Å². The molecule has 1 aliphatic carbocycles. The smallest absolute Gasteiger partial charge is 0.243 e. The maximum absolute atomic E-state index is 13.1. The number of amides is 1. The minimum atomic E-state index is -0.784. The summed E-state index contributed by atoms with van der Waals surface area (Å²) >= 11 is 0. The van der Waals surface area contributed by atoms with Crippen LogP contribution in [0.15, 0.2) is 0 Å². The van der Waals surface area contributed by atoms with Gasteiger partial charge < -0.3 is 20.1 Å². The third kappa shape index (κ3) is 2.05. The molecule has 21 heavy (non-hydrogen) atoms. The maximum atomic E-state index is 13.1. The number of carbonyl (C=O) groups is 1. The summed E-state index contributed by atoms with van der Waals surface area (Å²) in [5.74, 6) is 0.262. The Morgan fingerprint density at radius 2 is 2.10 bits per heavy atom. The normalized spacial score (nSPS) is 42.1. The van der Waals surface area contributed by atoms with Crippen LogP contribution in [0.4, 0.5) is 0 Å². The number of hydrogen-bond acceptors (Lipinski definition) is 4. The van der Waals surface area contributed by atoms with Crippen molar-refractivity contribution in [2.75, 3.05) is 26.3 Å². The minimum Gasteiger partial charge on any atom is -0.377 e. The van der Waals surface area contributed by atoms with Gasteiger partial charge in [-0.1, -0.05) is 20.8 Å². The minimum absolute atomic E-state index is 0.0981. The van der Waals surface area contributed by atoms with Gasteiger partial charge in [-0.3, -0.25) is 4.79 Å². The Labute approximate surface area is 127 Å². The summed E-state index contributed by atoms with van der Waals surface area (Å²) in [6.07, 6.45) is 3.21.